The first kappa shape index (κ1) is 33.7. The summed E-state index contributed by atoms with van der Waals surface area (Å²) in [6.45, 7) is 8.12. The number of likely N-dealkylation sites (N-methyl/N-ethyl adjacent to an activating group) is 1. The van der Waals surface area contributed by atoms with Crippen LogP contribution in [-0.4, -0.2) is 94.0 Å². The lowest BCUT2D eigenvalue weighted by atomic mass is 9.92. The number of fused-ring (bicyclic) bond motifs is 2. The lowest BCUT2D eigenvalue weighted by Crippen LogP contribution is -2.41. The molecule has 1 aromatic heterocycles. The number of anilines is 1. The molecular formula is C35H46N6O6. The molecule has 12 heteroatoms. The van der Waals surface area contributed by atoms with Gasteiger partial charge in [-0.25, -0.2) is 9.78 Å². The second kappa shape index (κ2) is 14.4. The zero-order valence-electron chi connectivity index (χ0n) is 28.0. The molecule has 1 unspecified atom stereocenters. The van der Waals surface area contributed by atoms with Gasteiger partial charge in [0.25, 0.3) is 5.91 Å². The highest BCUT2D eigenvalue weighted by Crippen LogP contribution is 2.27. The largest absolute Gasteiger partial charge is 0.469 e. The van der Waals surface area contributed by atoms with E-state index >= 15 is 0 Å². The topological polar surface area (TPSA) is 137 Å². The summed E-state index contributed by atoms with van der Waals surface area (Å²) in [4.78, 5) is 64.8. The standard InChI is InChI=1S/C35H46N6O6/c1-35(2,3)47-34(45)40-17-14-23(15-18-40)9-8-16-41(22-30-37-27-10-6-7-11-28(27)38-30)32(43)24-12-13-26-25(19-24)21-39(4)33(44)29(36-26)20-31(42)46-5/h6-7,10-13,19,23,29,36H,8-9,14-18,20-22H2,1-5H3,(H,37,38). The number of H-pyrrole nitrogens is 1. The van der Waals surface area contributed by atoms with Crippen molar-refractivity contribution in [3.8, 4) is 0 Å². The molecule has 2 aromatic carbocycles. The van der Waals surface area contributed by atoms with Gasteiger partial charge < -0.3 is 34.5 Å². The molecule has 0 bridgehead atoms. The van der Waals surface area contributed by atoms with Crippen LogP contribution in [0.4, 0.5) is 10.5 Å². The number of nitrogens with one attached hydrogen (secondary N) is 2. The maximum absolute atomic E-state index is 14.1. The highest BCUT2D eigenvalue weighted by atomic mass is 16.6. The van der Waals surface area contributed by atoms with Gasteiger partial charge in [0, 0.05) is 44.5 Å². The van der Waals surface area contributed by atoms with Crippen LogP contribution in [0.25, 0.3) is 11.0 Å². The fourth-order valence-electron chi connectivity index (χ4n) is 6.23. The number of hydrogen-bond donors (Lipinski definition) is 2. The summed E-state index contributed by atoms with van der Waals surface area (Å²) >= 11 is 0. The molecule has 1 saturated heterocycles. The fraction of sp³-hybridized carbons (Fsp3) is 0.514. The number of carbonyl (C=O) groups is 4. The molecule has 47 heavy (non-hydrogen) atoms. The molecule has 0 radical (unpaired) electrons. The van der Waals surface area contributed by atoms with Crippen LogP contribution in [0.3, 0.4) is 0 Å². The Labute approximate surface area is 275 Å². The van der Waals surface area contributed by atoms with E-state index in [9.17, 15) is 19.2 Å². The number of imidazole rings is 1. The van der Waals surface area contributed by atoms with E-state index in [4.69, 9.17) is 14.5 Å². The van der Waals surface area contributed by atoms with Crippen molar-refractivity contribution >= 4 is 40.6 Å². The van der Waals surface area contributed by atoms with Gasteiger partial charge in [0.2, 0.25) is 5.91 Å². The average molecular weight is 647 g/mol. The van der Waals surface area contributed by atoms with Crippen LogP contribution in [0, 0.1) is 5.92 Å². The third-order valence-corrected chi connectivity index (χ3v) is 8.74. The SMILES string of the molecule is COC(=O)CC1Nc2ccc(C(=O)N(CCCC3CCN(C(=O)OC(C)(C)C)CC3)Cc3nc4ccccc4[nH]3)cc2CN(C)C1=O. The molecule has 2 aliphatic heterocycles. The van der Waals surface area contributed by atoms with Gasteiger partial charge in [-0.15, -0.1) is 0 Å². The maximum Gasteiger partial charge on any atom is 0.410 e. The van der Waals surface area contributed by atoms with Gasteiger partial charge in [-0.1, -0.05) is 12.1 Å². The Morgan fingerprint density at radius 3 is 2.53 bits per heavy atom. The lowest BCUT2D eigenvalue weighted by Gasteiger charge is -2.33. The maximum atomic E-state index is 14.1. The Morgan fingerprint density at radius 1 is 1.09 bits per heavy atom. The summed E-state index contributed by atoms with van der Waals surface area (Å²) in [5.74, 6) is 0.341. The smallest absolute Gasteiger partial charge is 0.410 e. The van der Waals surface area contributed by atoms with Gasteiger partial charge in [0.1, 0.15) is 17.5 Å². The molecule has 3 amide bonds. The van der Waals surface area contributed by atoms with Gasteiger partial charge in [-0.3, -0.25) is 14.4 Å². The van der Waals surface area contributed by atoms with Gasteiger partial charge >= 0.3 is 12.1 Å². The third kappa shape index (κ3) is 8.60. The van der Waals surface area contributed by atoms with Crippen molar-refractivity contribution in [2.75, 3.05) is 39.1 Å². The second-order valence-electron chi connectivity index (χ2n) is 13.5. The molecule has 0 spiro atoms. The molecular weight excluding hydrogens is 600 g/mol. The number of aromatic amines is 1. The number of aromatic nitrogens is 2. The number of ether oxygens (including phenoxy) is 2. The number of hydrogen-bond acceptors (Lipinski definition) is 8. The van der Waals surface area contributed by atoms with Crippen molar-refractivity contribution < 1.29 is 28.7 Å². The number of benzene rings is 2. The fourth-order valence-corrected chi connectivity index (χ4v) is 6.23. The molecule has 2 aliphatic rings. The van der Waals surface area contributed by atoms with E-state index in [1.807, 2.05) is 56.0 Å². The zero-order valence-corrected chi connectivity index (χ0v) is 28.0. The number of methoxy groups -OCH3 is 1. The molecule has 3 heterocycles. The number of piperidine rings is 1. The molecule has 252 valence electrons. The van der Waals surface area contributed by atoms with Crippen molar-refractivity contribution in [2.24, 2.45) is 5.92 Å². The van der Waals surface area contributed by atoms with Crippen LogP contribution < -0.4 is 5.32 Å². The van der Waals surface area contributed by atoms with Crippen LogP contribution in [0.1, 0.15) is 74.6 Å². The van der Waals surface area contributed by atoms with E-state index in [-0.39, 0.29) is 24.3 Å². The highest BCUT2D eigenvalue weighted by molar-refractivity contribution is 5.96. The van der Waals surface area contributed by atoms with E-state index < -0.39 is 17.6 Å². The van der Waals surface area contributed by atoms with Crippen LogP contribution in [0.5, 0.6) is 0 Å². The molecule has 5 rings (SSSR count). The predicted octanol–water partition coefficient (Wildman–Crippen LogP) is 4.95. The number of rotatable bonds is 9. The van der Waals surface area contributed by atoms with E-state index in [1.54, 1.807) is 29.0 Å². The van der Waals surface area contributed by atoms with Crippen molar-refractivity contribution in [3.05, 3.63) is 59.4 Å². The summed E-state index contributed by atoms with van der Waals surface area (Å²) in [6, 6.07) is 12.4. The summed E-state index contributed by atoms with van der Waals surface area (Å²) in [5, 5.41) is 3.18. The molecule has 3 aromatic rings. The van der Waals surface area contributed by atoms with Crippen molar-refractivity contribution in [1.82, 2.24) is 24.7 Å². The Kier molecular flexibility index (Phi) is 10.4. The first-order valence-corrected chi connectivity index (χ1v) is 16.3. The van der Waals surface area contributed by atoms with Gasteiger partial charge in [0.05, 0.1) is 31.1 Å². The lowest BCUT2D eigenvalue weighted by molar-refractivity contribution is -0.143. The Morgan fingerprint density at radius 2 is 1.83 bits per heavy atom. The molecule has 2 N–H and O–H groups in total. The Hall–Kier alpha value is -4.61. The van der Waals surface area contributed by atoms with Crippen LogP contribution >= 0.6 is 0 Å². The van der Waals surface area contributed by atoms with Crippen molar-refractivity contribution in [2.45, 2.75) is 77.6 Å². The summed E-state index contributed by atoms with van der Waals surface area (Å²) in [7, 11) is 2.98. The minimum Gasteiger partial charge on any atom is -0.469 e. The Bertz CT molecular complexity index is 1570. The van der Waals surface area contributed by atoms with Crippen LogP contribution in [-0.2, 0) is 32.2 Å². The van der Waals surface area contributed by atoms with E-state index in [2.05, 4.69) is 10.3 Å². The van der Waals surface area contributed by atoms with Gasteiger partial charge in [-0.2, -0.15) is 0 Å². The molecule has 1 fully saturated rings. The minimum atomic E-state index is -0.754. The number of para-hydroxylation sites is 2. The minimum absolute atomic E-state index is 0.0922. The predicted molar refractivity (Wildman–Crippen MR) is 178 cm³/mol. The normalized spacial score (nSPS) is 17.1. The van der Waals surface area contributed by atoms with Gasteiger partial charge in [0.15, 0.2) is 0 Å². The number of carbonyl (C=O) groups excluding carboxylic acids is 4. The van der Waals surface area contributed by atoms with Crippen LogP contribution in [0.15, 0.2) is 42.5 Å². The number of esters is 1. The molecule has 1 atom stereocenters. The van der Waals surface area contributed by atoms with Crippen molar-refractivity contribution in [1.29, 1.82) is 0 Å². The zero-order chi connectivity index (χ0) is 33.7. The quantitative estimate of drug-likeness (QED) is 0.312. The number of amides is 3. The molecule has 0 aliphatic carbocycles. The molecule has 12 nitrogen and oxygen atoms in total. The first-order chi connectivity index (χ1) is 22.4. The number of likely N-dealkylation sites (tertiary alicyclic amines) is 1. The van der Waals surface area contributed by atoms with E-state index in [0.29, 0.717) is 55.7 Å². The highest BCUT2D eigenvalue weighted by Gasteiger charge is 2.31. The van der Waals surface area contributed by atoms with Crippen LogP contribution in [0.2, 0.25) is 0 Å². The summed E-state index contributed by atoms with van der Waals surface area (Å²) < 4.78 is 10.3. The van der Waals surface area contributed by atoms with Gasteiger partial charge in [-0.05, 0) is 88.3 Å². The second-order valence-corrected chi connectivity index (χ2v) is 13.5. The third-order valence-electron chi connectivity index (χ3n) is 8.74. The average Bonchev–Trinajstić information content (AvgIpc) is 3.41. The summed E-state index contributed by atoms with van der Waals surface area (Å²) in [6.07, 6.45) is 3.20. The van der Waals surface area contributed by atoms with E-state index in [0.717, 1.165) is 42.3 Å². The first-order valence-electron chi connectivity index (χ1n) is 16.3. The molecule has 0 saturated carbocycles. The number of nitrogens with zero attached hydrogens (tertiary/aromatic N) is 4. The van der Waals surface area contributed by atoms with Crippen molar-refractivity contribution in [3.63, 3.8) is 0 Å². The Balaban J connectivity index is 1.28. The monoisotopic (exact) mass is 646 g/mol. The summed E-state index contributed by atoms with van der Waals surface area (Å²) in [5.41, 5.74) is 3.25. The van der Waals surface area contributed by atoms with E-state index in [1.165, 1.54) is 7.11 Å².